The third kappa shape index (κ3) is 3.39. The number of hydrogen-bond acceptors (Lipinski definition) is 4. The third-order valence-electron chi connectivity index (χ3n) is 2.26. The van der Waals surface area contributed by atoms with Crippen LogP contribution in [0.2, 0.25) is 0 Å². The largest absolute Gasteiger partial charge is 0.389 e. The lowest BCUT2D eigenvalue weighted by Crippen LogP contribution is -2.23. The van der Waals surface area contributed by atoms with Crippen molar-refractivity contribution in [3.63, 3.8) is 0 Å². The fourth-order valence-corrected chi connectivity index (χ4v) is 1.85. The summed E-state index contributed by atoms with van der Waals surface area (Å²) in [6.45, 7) is 2.71. The predicted molar refractivity (Wildman–Crippen MR) is 66.5 cm³/mol. The molecular formula is C11H18N2OS. The second-order valence-electron chi connectivity index (χ2n) is 3.51. The van der Waals surface area contributed by atoms with Crippen molar-refractivity contribution in [3.05, 3.63) is 23.9 Å². The summed E-state index contributed by atoms with van der Waals surface area (Å²) in [6, 6.07) is 3.77. The minimum absolute atomic E-state index is 0.467. The van der Waals surface area contributed by atoms with Gasteiger partial charge in [0.25, 0.3) is 0 Å². The first-order valence-electron chi connectivity index (χ1n) is 5.00. The molecule has 3 nitrogen and oxygen atoms in total. The highest BCUT2D eigenvalue weighted by molar-refractivity contribution is 7.98. The maximum atomic E-state index is 9.61. The van der Waals surface area contributed by atoms with E-state index in [0.29, 0.717) is 0 Å². The van der Waals surface area contributed by atoms with Gasteiger partial charge in [-0.1, -0.05) is 6.07 Å². The van der Waals surface area contributed by atoms with E-state index in [9.17, 15) is 5.11 Å². The Morgan fingerprint density at radius 2 is 2.33 bits per heavy atom. The first-order valence-corrected chi connectivity index (χ1v) is 6.39. The van der Waals surface area contributed by atoms with E-state index in [1.807, 2.05) is 19.2 Å². The van der Waals surface area contributed by atoms with Crippen LogP contribution in [0.4, 0.5) is 5.82 Å². The van der Waals surface area contributed by atoms with Gasteiger partial charge in [0.05, 0.1) is 6.10 Å². The molecule has 0 aliphatic heterocycles. The van der Waals surface area contributed by atoms with Crippen LogP contribution in [0.5, 0.6) is 0 Å². The van der Waals surface area contributed by atoms with Crippen LogP contribution >= 0.6 is 11.8 Å². The molecule has 1 heterocycles. The van der Waals surface area contributed by atoms with Gasteiger partial charge in [-0.25, -0.2) is 4.98 Å². The number of hydrogen-bond donors (Lipinski definition) is 1. The molecule has 1 atom stereocenters. The molecule has 84 valence electrons. The van der Waals surface area contributed by atoms with Gasteiger partial charge in [0.1, 0.15) is 5.82 Å². The van der Waals surface area contributed by atoms with Gasteiger partial charge in [-0.2, -0.15) is 11.8 Å². The van der Waals surface area contributed by atoms with E-state index in [1.165, 1.54) is 0 Å². The van der Waals surface area contributed by atoms with E-state index >= 15 is 0 Å². The Morgan fingerprint density at radius 1 is 1.60 bits per heavy atom. The zero-order valence-electron chi connectivity index (χ0n) is 9.47. The molecule has 0 radical (unpaired) electrons. The Kier molecular flexibility index (Phi) is 4.91. The van der Waals surface area contributed by atoms with Crippen molar-refractivity contribution in [2.75, 3.05) is 30.5 Å². The molecule has 0 saturated carbocycles. The van der Waals surface area contributed by atoms with Crippen LogP contribution < -0.4 is 4.90 Å². The molecule has 0 aromatic carbocycles. The van der Waals surface area contributed by atoms with Gasteiger partial charge in [0, 0.05) is 31.1 Å². The summed E-state index contributed by atoms with van der Waals surface area (Å²) in [5, 5.41) is 9.61. The number of rotatable bonds is 5. The first kappa shape index (κ1) is 12.3. The lowest BCUT2D eigenvalue weighted by molar-refractivity contribution is 0.199. The summed E-state index contributed by atoms with van der Waals surface area (Å²) in [7, 11) is 2.00. The second-order valence-corrected chi connectivity index (χ2v) is 4.49. The highest BCUT2D eigenvalue weighted by Crippen LogP contribution is 2.22. The van der Waals surface area contributed by atoms with Crippen molar-refractivity contribution in [2.24, 2.45) is 0 Å². The number of aromatic nitrogens is 1. The monoisotopic (exact) mass is 226 g/mol. The van der Waals surface area contributed by atoms with Crippen molar-refractivity contribution in [2.45, 2.75) is 13.0 Å². The number of anilines is 1. The van der Waals surface area contributed by atoms with E-state index in [1.54, 1.807) is 24.9 Å². The quantitative estimate of drug-likeness (QED) is 0.832. The maximum absolute atomic E-state index is 9.61. The molecule has 1 aromatic heterocycles. The van der Waals surface area contributed by atoms with Crippen molar-refractivity contribution >= 4 is 17.6 Å². The van der Waals surface area contributed by atoms with Gasteiger partial charge in [-0.15, -0.1) is 0 Å². The SMILES string of the molecule is CSCCN(C)c1ncccc1C(C)O. The highest BCUT2D eigenvalue weighted by atomic mass is 32.2. The molecule has 0 aliphatic rings. The summed E-state index contributed by atoms with van der Waals surface area (Å²) >= 11 is 1.81. The summed E-state index contributed by atoms with van der Waals surface area (Å²) in [5.74, 6) is 1.94. The standard InChI is InChI=1S/C11H18N2OS/c1-9(14)10-5-4-6-12-11(10)13(2)7-8-15-3/h4-6,9,14H,7-8H2,1-3H3. The normalized spacial score (nSPS) is 12.5. The minimum Gasteiger partial charge on any atom is -0.389 e. The number of pyridine rings is 1. The molecule has 1 rings (SSSR count). The van der Waals surface area contributed by atoms with E-state index < -0.39 is 6.10 Å². The molecule has 0 bridgehead atoms. The van der Waals surface area contributed by atoms with Gasteiger partial charge in [0.2, 0.25) is 0 Å². The molecule has 0 saturated heterocycles. The number of aliphatic hydroxyl groups excluding tert-OH is 1. The van der Waals surface area contributed by atoms with Crippen molar-refractivity contribution in [3.8, 4) is 0 Å². The Morgan fingerprint density at radius 3 is 2.93 bits per heavy atom. The fourth-order valence-electron chi connectivity index (χ4n) is 1.39. The second kappa shape index (κ2) is 5.98. The summed E-state index contributed by atoms with van der Waals surface area (Å²) in [6.07, 6.45) is 3.38. The Labute approximate surface area is 95.5 Å². The molecule has 1 N–H and O–H groups in total. The van der Waals surface area contributed by atoms with Gasteiger partial charge < -0.3 is 10.0 Å². The molecule has 1 unspecified atom stereocenters. The molecule has 0 aliphatic carbocycles. The maximum Gasteiger partial charge on any atom is 0.134 e. The van der Waals surface area contributed by atoms with Crippen LogP contribution in [0.3, 0.4) is 0 Å². The molecule has 0 fully saturated rings. The predicted octanol–water partition coefficient (Wildman–Crippen LogP) is 1.93. The highest BCUT2D eigenvalue weighted by Gasteiger charge is 2.11. The summed E-state index contributed by atoms with van der Waals surface area (Å²) < 4.78 is 0. The lowest BCUT2D eigenvalue weighted by Gasteiger charge is -2.21. The number of thioether (sulfide) groups is 1. The van der Waals surface area contributed by atoms with Crippen molar-refractivity contribution in [1.29, 1.82) is 0 Å². The van der Waals surface area contributed by atoms with E-state index in [4.69, 9.17) is 0 Å². The summed E-state index contributed by atoms with van der Waals surface area (Å²) in [4.78, 5) is 6.39. The Bertz CT molecular complexity index is 304. The molecule has 0 amide bonds. The van der Waals surface area contributed by atoms with Crippen molar-refractivity contribution in [1.82, 2.24) is 4.98 Å². The molecule has 4 heteroatoms. The molecule has 1 aromatic rings. The average Bonchev–Trinajstić information content (AvgIpc) is 2.25. The van der Waals surface area contributed by atoms with E-state index in [2.05, 4.69) is 16.1 Å². The zero-order chi connectivity index (χ0) is 11.3. The van der Waals surface area contributed by atoms with Crippen molar-refractivity contribution < 1.29 is 5.11 Å². The van der Waals surface area contributed by atoms with E-state index in [-0.39, 0.29) is 0 Å². The average molecular weight is 226 g/mol. The minimum atomic E-state index is -0.467. The fraction of sp³-hybridized carbons (Fsp3) is 0.545. The van der Waals surface area contributed by atoms with Crippen LogP contribution in [0.15, 0.2) is 18.3 Å². The molecule has 0 spiro atoms. The van der Waals surface area contributed by atoms with E-state index in [0.717, 1.165) is 23.7 Å². The first-order chi connectivity index (χ1) is 7.16. The van der Waals surface area contributed by atoms with Gasteiger partial charge in [-0.3, -0.25) is 0 Å². The topological polar surface area (TPSA) is 36.4 Å². The smallest absolute Gasteiger partial charge is 0.134 e. The number of aliphatic hydroxyl groups is 1. The van der Waals surface area contributed by atoms with Crippen LogP contribution in [-0.4, -0.2) is 35.7 Å². The Hall–Kier alpha value is -0.740. The van der Waals surface area contributed by atoms with Crippen LogP contribution in [0, 0.1) is 0 Å². The van der Waals surface area contributed by atoms with Crippen LogP contribution in [0.25, 0.3) is 0 Å². The van der Waals surface area contributed by atoms with Gasteiger partial charge in [0.15, 0.2) is 0 Å². The summed E-state index contributed by atoms with van der Waals surface area (Å²) in [5.41, 5.74) is 0.890. The zero-order valence-corrected chi connectivity index (χ0v) is 10.3. The number of nitrogens with zero attached hydrogens (tertiary/aromatic N) is 2. The third-order valence-corrected chi connectivity index (χ3v) is 2.85. The molecular weight excluding hydrogens is 208 g/mol. The van der Waals surface area contributed by atoms with Crippen LogP contribution in [0.1, 0.15) is 18.6 Å². The lowest BCUT2D eigenvalue weighted by atomic mass is 10.1. The van der Waals surface area contributed by atoms with Gasteiger partial charge in [-0.05, 0) is 19.2 Å². The van der Waals surface area contributed by atoms with Crippen LogP contribution in [-0.2, 0) is 0 Å². The molecule has 15 heavy (non-hydrogen) atoms. The Balaban J connectivity index is 2.82. The van der Waals surface area contributed by atoms with Gasteiger partial charge >= 0.3 is 0 Å².